The quantitative estimate of drug-likeness (QED) is 0.880. The van der Waals surface area contributed by atoms with Crippen LogP contribution in [0.3, 0.4) is 0 Å². The number of rotatable bonds is 3. The van der Waals surface area contributed by atoms with Gasteiger partial charge in [0.15, 0.2) is 4.77 Å². The van der Waals surface area contributed by atoms with Gasteiger partial charge in [0.2, 0.25) is 0 Å². The normalized spacial score (nSPS) is 19.7. The Hall–Kier alpha value is -0.980. The van der Waals surface area contributed by atoms with Crippen molar-refractivity contribution >= 4 is 33.8 Å². The Labute approximate surface area is 113 Å². The second-order valence-corrected chi connectivity index (χ2v) is 5.87. The molecule has 1 fully saturated rings. The Morgan fingerprint density at radius 2 is 2.50 bits per heavy atom. The van der Waals surface area contributed by atoms with Gasteiger partial charge < -0.3 is 9.72 Å². The summed E-state index contributed by atoms with van der Waals surface area (Å²) in [4.78, 5) is 16.3. The number of H-pyrrole nitrogens is 1. The number of nitrogens with one attached hydrogen (secondary N) is 1. The fourth-order valence-electron chi connectivity index (χ4n) is 2.30. The van der Waals surface area contributed by atoms with Gasteiger partial charge in [0.25, 0.3) is 5.56 Å². The Balaban J connectivity index is 1.90. The predicted molar refractivity (Wildman–Crippen MR) is 74.8 cm³/mol. The van der Waals surface area contributed by atoms with E-state index in [-0.39, 0.29) is 5.56 Å². The van der Waals surface area contributed by atoms with Gasteiger partial charge in [-0.25, -0.2) is 0 Å². The number of thiophene rings is 1. The Morgan fingerprint density at radius 3 is 3.28 bits per heavy atom. The van der Waals surface area contributed by atoms with E-state index in [2.05, 4.69) is 4.98 Å². The van der Waals surface area contributed by atoms with Gasteiger partial charge in [-0.1, -0.05) is 0 Å². The molecule has 0 amide bonds. The fraction of sp³-hybridized carbons (Fsp3) is 0.500. The molecular weight excluding hydrogens is 268 g/mol. The lowest BCUT2D eigenvalue weighted by atomic mass is 10.1. The van der Waals surface area contributed by atoms with E-state index < -0.39 is 0 Å². The molecule has 3 heterocycles. The number of hydrogen-bond acceptors (Lipinski definition) is 4. The van der Waals surface area contributed by atoms with Crippen molar-refractivity contribution in [3.8, 4) is 0 Å². The second kappa shape index (κ2) is 4.95. The lowest BCUT2D eigenvalue weighted by Crippen LogP contribution is -2.23. The van der Waals surface area contributed by atoms with Crippen LogP contribution in [0.15, 0.2) is 16.2 Å². The van der Waals surface area contributed by atoms with Crippen LogP contribution in [-0.2, 0) is 11.3 Å². The molecule has 0 aliphatic carbocycles. The summed E-state index contributed by atoms with van der Waals surface area (Å²) in [5, 5.41) is 2.64. The van der Waals surface area contributed by atoms with Crippen molar-refractivity contribution in [2.75, 3.05) is 13.2 Å². The first-order chi connectivity index (χ1) is 8.75. The Kier molecular flexibility index (Phi) is 3.32. The lowest BCUT2D eigenvalue weighted by molar-refractivity contribution is 0.183. The molecule has 1 aliphatic heterocycles. The average molecular weight is 282 g/mol. The fourth-order valence-corrected chi connectivity index (χ4v) is 3.42. The van der Waals surface area contributed by atoms with Gasteiger partial charge in [-0.3, -0.25) is 9.36 Å². The highest BCUT2D eigenvalue weighted by Crippen LogP contribution is 2.18. The van der Waals surface area contributed by atoms with Gasteiger partial charge >= 0.3 is 0 Å². The number of fused-ring (bicyclic) bond motifs is 1. The first-order valence-electron chi connectivity index (χ1n) is 6.04. The summed E-state index contributed by atoms with van der Waals surface area (Å²) in [6, 6.07) is 1.85. The van der Waals surface area contributed by atoms with Gasteiger partial charge in [-0.2, -0.15) is 0 Å². The predicted octanol–water partition coefficient (Wildman–Crippen LogP) is 2.55. The molecule has 0 spiro atoms. The van der Waals surface area contributed by atoms with Crippen LogP contribution in [0.2, 0.25) is 0 Å². The van der Waals surface area contributed by atoms with Crippen LogP contribution in [0.4, 0.5) is 0 Å². The van der Waals surface area contributed by atoms with Crippen LogP contribution in [-0.4, -0.2) is 22.8 Å². The second-order valence-electron chi connectivity index (χ2n) is 4.57. The standard InChI is InChI=1S/C12H14N2O2S2/c15-11-9-3-6-18-10(9)13-12(17)14(11)4-1-8-2-5-16-7-8/h3,6,8H,1-2,4-5,7H2,(H,13,17). The van der Waals surface area contributed by atoms with E-state index in [1.807, 2.05) is 11.4 Å². The molecule has 6 heteroatoms. The molecule has 1 unspecified atom stereocenters. The highest BCUT2D eigenvalue weighted by Gasteiger charge is 2.16. The Morgan fingerprint density at radius 1 is 1.61 bits per heavy atom. The minimum absolute atomic E-state index is 0.0221. The molecule has 0 bridgehead atoms. The summed E-state index contributed by atoms with van der Waals surface area (Å²) < 4.78 is 7.54. The van der Waals surface area contributed by atoms with Crippen molar-refractivity contribution in [1.82, 2.24) is 9.55 Å². The molecule has 2 aromatic heterocycles. The number of ether oxygens (including phenoxy) is 1. The monoisotopic (exact) mass is 282 g/mol. The van der Waals surface area contributed by atoms with Crippen molar-refractivity contribution in [2.24, 2.45) is 5.92 Å². The maximum atomic E-state index is 12.3. The SMILES string of the molecule is O=c1c2ccsc2[nH]c(=S)n1CCC1CCOC1. The summed E-state index contributed by atoms with van der Waals surface area (Å²) in [6.07, 6.45) is 2.04. The molecule has 4 nitrogen and oxygen atoms in total. The van der Waals surface area contributed by atoms with Crippen molar-refractivity contribution < 1.29 is 4.74 Å². The number of aromatic amines is 1. The van der Waals surface area contributed by atoms with Crippen molar-refractivity contribution in [2.45, 2.75) is 19.4 Å². The minimum Gasteiger partial charge on any atom is -0.381 e. The molecule has 0 aromatic carbocycles. The van der Waals surface area contributed by atoms with Gasteiger partial charge in [-0.15, -0.1) is 11.3 Å². The molecule has 96 valence electrons. The maximum absolute atomic E-state index is 12.3. The van der Waals surface area contributed by atoms with E-state index in [0.717, 1.165) is 36.3 Å². The molecular formula is C12H14N2O2S2. The average Bonchev–Trinajstić information content (AvgIpc) is 2.98. The molecule has 1 atom stereocenters. The highest BCUT2D eigenvalue weighted by molar-refractivity contribution is 7.71. The molecule has 1 saturated heterocycles. The summed E-state index contributed by atoms with van der Waals surface area (Å²) >= 11 is 6.77. The van der Waals surface area contributed by atoms with Crippen molar-refractivity contribution in [1.29, 1.82) is 0 Å². The van der Waals surface area contributed by atoms with Crippen LogP contribution in [0.5, 0.6) is 0 Å². The summed E-state index contributed by atoms with van der Waals surface area (Å²) in [7, 11) is 0. The molecule has 0 saturated carbocycles. The van der Waals surface area contributed by atoms with Crippen LogP contribution >= 0.6 is 23.6 Å². The smallest absolute Gasteiger partial charge is 0.263 e. The van der Waals surface area contributed by atoms with E-state index in [4.69, 9.17) is 17.0 Å². The summed E-state index contributed by atoms with van der Waals surface area (Å²) in [5.41, 5.74) is 0.0221. The number of nitrogens with zero attached hydrogens (tertiary/aromatic N) is 1. The zero-order valence-corrected chi connectivity index (χ0v) is 11.5. The molecule has 3 rings (SSSR count). The van der Waals surface area contributed by atoms with E-state index in [1.54, 1.807) is 4.57 Å². The van der Waals surface area contributed by atoms with Gasteiger partial charge in [0, 0.05) is 19.8 Å². The first kappa shape index (κ1) is 12.1. The van der Waals surface area contributed by atoms with E-state index in [0.29, 0.717) is 17.2 Å². The minimum atomic E-state index is 0.0221. The molecule has 0 radical (unpaired) electrons. The van der Waals surface area contributed by atoms with Crippen molar-refractivity contribution in [3.05, 3.63) is 26.6 Å². The van der Waals surface area contributed by atoms with Crippen LogP contribution in [0, 0.1) is 10.7 Å². The Bertz CT molecular complexity index is 665. The lowest BCUT2D eigenvalue weighted by Gasteiger charge is -2.09. The van der Waals surface area contributed by atoms with Crippen LogP contribution in [0.25, 0.3) is 10.2 Å². The molecule has 2 aromatic rings. The van der Waals surface area contributed by atoms with E-state index >= 15 is 0 Å². The summed E-state index contributed by atoms with van der Waals surface area (Å²) in [6.45, 7) is 2.33. The van der Waals surface area contributed by atoms with Gasteiger partial charge in [0.1, 0.15) is 4.83 Å². The maximum Gasteiger partial charge on any atom is 0.263 e. The van der Waals surface area contributed by atoms with Gasteiger partial charge in [-0.05, 0) is 42.4 Å². The zero-order valence-electron chi connectivity index (χ0n) is 9.85. The molecule has 1 aliphatic rings. The third-order valence-electron chi connectivity index (χ3n) is 3.39. The van der Waals surface area contributed by atoms with E-state index in [9.17, 15) is 4.79 Å². The first-order valence-corrected chi connectivity index (χ1v) is 7.32. The topological polar surface area (TPSA) is 47.0 Å². The van der Waals surface area contributed by atoms with Crippen molar-refractivity contribution in [3.63, 3.8) is 0 Å². The van der Waals surface area contributed by atoms with Gasteiger partial charge in [0.05, 0.1) is 5.39 Å². The zero-order chi connectivity index (χ0) is 12.5. The largest absolute Gasteiger partial charge is 0.381 e. The third-order valence-corrected chi connectivity index (χ3v) is 4.54. The number of aromatic nitrogens is 2. The molecule has 1 N–H and O–H groups in total. The number of hydrogen-bond donors (Lipinski definition) is 1. The van der Waals surface area contributed by atoms with Crippen LogP contribution < -0.4 is 5.56 Å². The molecule has 18 heavy (non-hydrogen) atoms. The van der Waals surface area contributed by atoms with Crippen LogP contribution in [0.1, 0.15) is 12.8 Å². The van der Waals surface area contributed by atoms with E-state index in [1.165, 1.54) is 11.3 Å². The summed E-state index contributed by atoms with van der Waals surface area (Å²) in [5.74, 6) is 0.560. The third kappa shape index (κ3) is 2.15. The highest BCUT2D eigenvalue weighted by atomic mass is 32.1.